The fourth-order valence-electron chi connectivity index (χ4n) is 1.29. The topological polar surface area (TPSA) is 63.4 Å². The number of rotatable bonds is 8. The number of hydrogen-bond donors (Lipinski definition) is 1. The smallest absolute Gasteiger partial charge is 0.214 e. The van der Waals surface area contributed by atoms with Gasteiger partial charge in [0.25, 0.3) is 0 Å². The first-order valence-electron chi connectivity index (χ1n) is 5.26. The van der Waals surface area contributed by atoms with Crippen molar-refractivity contribution in [3.8, 4) is 0 Å². The maximum Gasteiger partial charge on any atom is 0.214 e. The standard InChI is InChI=1S/C9H22N2O2S/c1-3-7-11(8-5-6-10)14(12,13)9-4-2/h3-10H2,1-2H3. The van der Waals surface area contributed by atoms with Gasteiger partial charge in [-0.1, -0.05) is 13.8 Å². The Kier molecular flexibility index (Phi) is 7.13. The highest BCUT2D eigenvalue weighted by Crippen LogP contribution is 2.05. The van der Waals surface area contributed by atoms with Gasteiger partial charge in [0, 0.05) is 13.1 Å². The summed E-state index contributed by atoms with van der Waals surface area (Å²) in [5.74, 6) is 0.248. The van der Waals surface area contributed by atoms with Crippen molar-refractivity contribution in [1.82, 2.24) is 4.31 Å². The van der Waals surface area contributed by atoms with Gasteiger partial charge in [-0.05, 0) is 25.8 Å². The van der Waals surface area contributed by atoms with E-state index in [1.54, 1.807) is 4.31 Å². The Morgan fingerprint density at radius 2 is 1.79 bits per heavy atom. The number of nitrogens with two attached hydrogens (primary N) is 1. The molecule has 0 saturated heterocycles. The third kappa shape index (κ3) is 4.93. The van der Waals surface area contributed by atoms with Crippen molar-refractivity contribution in [3.05, 3.63) is 0 Å². The summed E-state index contributed by atoms with van der Waals surface area (Å²) in [5, 5.41) is 0. The van der Waals surface area contributed by atoms with E-state index >= 15 is 0 Å². The first-order valence-corrected chi connectivity index (χ1v) is 6.87. The Hall–Kier alpha value is -0.130. The highest BCUT2D eigenvalue weighted by Gasteiger charge is 2.18. The predicted octanol–water partition coefficient (Wildman–Crippen LogP) is 0.787. The molecular formula is C9H22N2O2S. The van der Waals surface area contributed by atoms with Gasteiger partial charge in [-0.15, -0.1) is 0 Å². The van der Waals surface area contributed by atoms with Crippen molar-refractivity contribution >= 4 is 10.0 Å². The van der Waals surface area contributed by atoms with Gasteiger partial charge in [-0.3, -0.25) is 0 Å². The minimum atomic E-state index is -3.03. The largest absolute Gasteiger partial charge is 0.330 e. The molecule has 0 atom stereocenters. The van der Waals surface area contributed by atoms with Crippen molar-refractivity contribution in [2.24, 2.45) is 5.73 Å². The number of sulfonamides is 1. The molecule has 86 valence electrons. The van der Waals surface area contributed by atoms with Crippen LogP contribution in [0.5, 0.6) is 0 Å². The molecule has 0 aromatic heterocycles. The molecule has 14 heavy (non-hydrogen) atoms. The lowest BCUT2D eigenvalue weighted by Crippen LogP contribution is -2.35. The predicted molar refractivity (Wildman–Crippen MR) is 59.6 cm³/mol. The van der Waals surface area contributed by atoms with Gasteiger partial charge in [0.05, 0.1) is 5.75 Å². The highest BCUT2D eigenvalue weighted by molar-refractivity contribution is 7.89. The minimum Gasteiger partial charge on any atom is -0.330 e. The maximum absolute atomic E-state index is 11.7. The second-order valence-electron chi connectivity index (χ2n) is 3.36. The van der Waals surface area contributed by atoms with Crippen LogP contribution in [0.15, 0.2) is 0 Å². The molecule has 0 aliphatic rings. The van der Waals surface area contributed by atoms with Crippen LogP contribution >= 0.6 is 0 Å². The van der Waals surface area contributed by atoms with Crippen LogP contribution in [-0.4, -0.2) is 38.1 Å². The molecule has 0 aromatic rings. The van der Waals surface area contributed by atoms with Crippen LogP contribution in [0.25, 0.3) is 0 Å². The van der Waals surface area contributed by atoms with Crippen LogP contribution in [-0.2, 0) is 10.0 Å². The summed E-state index contributed by atoms with van der Waals surface area (Å²) in [7, 11) is -3.03. The molecule has 0 saturated carbocycles. The summed E-state index contributed by atoms with van der Waals surface area (Å²) in [4.78, 5) is 0. The molecule has 0 unspecified atom stereocenters. The zero-order chi connectivity index (χ0) is 11.0. The van der Waals surface area contributed by atoms with Crippen molar-refractivity contribution < 1.29 is 8.42 Å². The van der Waals surface area contributed by atoms with E-state index in [0.29, 0.717) is 26.1 Å². The third-order valence-corrected chi connectivity index (χ3v) is 4.02. The van der Waals surface area contributed by atoms with Crippen molar-refractivity contribution in [1.29, 1.82) is 0 Å². The zero-order valence-corrected chi connectivity index (χ0v) is 10.0. The summed E-state index contributed by atoms with van der Waals surface area (Å²) in [6, 6.07) is 0. The van der Waals surface area contributed by atoms with Crippen LogP contribution in [0, 0.1) is 0 Å². The van der Waals surface area contributed by atoms with Crippen molar-refractivity contribution in [3.63, 3.8) is 0 Å². The fourth-order valence-corrected chi connectivity index (χ4v) is 2.94. The number of hydrogen-bond acceptors (Lipinski definition) is 3. The van der Waals surface area contributed by atoms with Gasteiger partial charge in [-0.2, -0.15) is 0 Å². The monoisotopic (exact) mass is 222 g/mol. The average molecular weight is 222 g/mol. The van der Waals surface area contributed by atoms with Crippen LogP contribution in [0.2, 0.25) is 0 Å². The molecule has 4 nitrogen and oxygen atoms in total. The maximum atomic E-state index is 11.7. The average Bonchev–Trinajstić information content (AvgIpc) is 2.11. The van der Waals surface area contributed by atoms with E-state index in [2.05, 4.69) is 0 Å². The summed E-state index contributed by atoms with van der Waals surface area (Å²) in [5.41, 5.74) is 5.37. The molecule has 0 aromatic carbocycles. The number of nitrogens with zero attached hydrogens (tertiary/aromatic N) is 1. The lowest BCUT2D eigenvalue weighted by atomic mass is 10.4. The van der Waals surface area contributed by atoms with E-state index < -0.39 is 10.0 Å². The SMILES string of the molecule is CCCN(CCCN)S(=O)(=O)CCC. The summed E-state index contributed by atoms with van der Waals surface area (Å²) in [6.07, 6.45) is 2.27. The first-order chi connectivity index (χ1) is 6.58. The molecule has 0 bridgehead atoms. The van der Waals surface area contributed by atoms with Gasteiger partial charge in [-0.25, -0.2) is 12.7 Å². The van der Waals surface area contributed by atoms with Crippen LogP contribution in [0.3, 0.4) is 0 Å². The quantitative estimate of drug-likeness (QED) is 0.660. The summed E-state index contributed by atoms with van der Waals surface area (Å²) in [6.45, 7) is 5.58. The molecule has 2 N–H and O–H groups in total. The highest BCUT2D eigenvalue weighted by atomic mass is 32.2. The van der Waals surface area contributed by atoms with E-state index in [0.717, 1.165) is 12.8 Å². The van der Waals surface area contributed by atoms with E-state index in [-0.39, 0.29) is 5.75 Å². The summed E-state index contributed by atoms with van der Waals surface area (Å²) < 4.78 is 25.0. The van der Waals surface area contributed by atoms with Gasteiger partial charge < -0.3 is 5.73 Å². The van der Waals surface area contributed by atoms with Crippen LogP contribution < -0.4 is 5.73 Å². The van der Waals surface area contributed by atoms with Crippen LogP contribution in [0.1, 0.15) is 33.1 Å². The molecule has 0 radical (unpaired) electrons. The van der Waals surface area contributed by atoms with Crippen LogP contribution in [0.4, 0.5) is 0 Å². The van der Waals surface area contributed by atoms with Gasteiger partial charge in [0.1, 0.15) is 0 Å². The zero-order valence-electron chi connectivity index (χ0n) is 9.20. The van der Waals surface area contributed by atoms with E-state index in [4.69, 9.17) is 5.73 Å². The Morgan fingerprint density at radius 3 is 2.21 bits per heavy atom. The van der Waals surface area contributed by atoms with E-state index in [9.17, 15) is 8.42 Å². The summed E-state index contributed by atoms with van der Waals surface area (Å²) >= 11 is 0. The molecule has 5 heteroatoms. The fraction of sp³-hybridized carbons (Fsp3) is 1.00. The lowest BCUT2D eigenvalue weighted by Gasteiger charge is -2.20. The molecule has 0 amide bonds. The van der Waals surface area contributed by atoms with Gasteiger partial charge in [0.15, 0.2) is 0 Å². The lowest BCUT2D eigenvalue weighted by molar-refractivity contribution is 0.406. The Labute approximate surface area is 87.5 Å². The molecular weight excluding hydrogens is 200 g/mol. The molecule has 0 aliphatic heterocycles. The normalized spacial score (nSPS) is 12.3. The molecule has 0 aliphatic carbocycles. The van der Waals surface area contributed by atoms with E-state index in [1.165, 1.54) is 0 Å². The second-order valence-corrected chi connectivity index (χ2v) is 5.45. The Bertz CT molecular complexity index is 227. The minimum absolute atomic E-state index is 0.248. The Morgan fingerprint density at radius 1 is 1.14 bits per heavy atom. The van der Waals surface area contributed by atoms with E-state index in [1.807, 2.05) is 13.8 Å². The van der Waals surface area contributed by atoms with Gasteiger partial charge >= 0.3 is 0 Å². The molecule has 0 fully saturated rings. The Balaban J connectivity index is 4.30. The molecule has 0 spiro atoms. The second kappa shape index (κ2) is 7.20. The van der Waals surface area contributed by atoms with Gasteiger partial charge in [0.2, 0.25) is 10.0 Å². The van der Waals surface area contributed by atoms with Crippen molar-refractivity contribution in [2.75, 3.05) is 25.4 Å². The van der Waals surface area contributed by atoms with Crippen molar-refractivity contribution in [2.45, 2.75) is 33.1 Å². The third-order valence-electron chi connectivity index (χ3n) is 1.94. The molecule has 0 heterocycles. The molecule has 0 rings (SSSR count). The first kappa shape index (κ1) is 13.9.